The minimum absolute atomic E-state index is 0.0416. The van der Waals surface area contributed by atoms with Gasteiger partial charge in [-0.1, -0.05) is 29.8 Å². The molecule has 2 saturated heterocycles. The molecule has 0 N–H and O–H groups in total. The number of nitrogens with zero attached hydrogens (tertiary/aromatic N) is 3. The lowest BCUT2D eigenvalue weighted by atomic mass is 9.96. The highest BCUT2D eigenvalue weighted by molar-refractivity contribution is 7.89. The Kier molecular flexibility index (Phi) is 7.76. The zero-order chi connectivity index (χ0) is 25.0. The molecule has 2 amide bonds. The van der Waals surface area contributed by atoms with Crippen LogP contribution in [0, 0.1) is 12.8 Å². The molecule has 0 spiro atoms. The topological polar surface area (TPSA) is 87.2 Å². The first-order valence-corrected chi connectivity index (χ1v) is 13.5. The molecule has 35 heavy (non-hydrogen) atoms. The number of piperazine rings is 1. The second kappa shape index (κ2) is 10.8. The summed E-state index contributed by atoms with van der Waals surface area (Å²) in [5.41, 5.74) is 1.91. The molecule has 0 aromatic heterocycles. The van der Waals surface area contributed by atoms with Crippen molar-refractivity contribution in [2.24, 2.45) is 5.92 Å². The van der Waals surface area contributed by atoms with E-state index in [2.05, 4.69) is 0 Å². The first-order valence-electron chi connectivity index (χ1n) is 12.0. The van der Waals surface area contributed by atoms with Crippen LogP contribution in [0.25, 0.3) is 0 Å². The smallest absolute Gasteiger partial charge is 0.243 e. The van der Waals surface area contributed by atoms with Crippen LogP contribution in [-0.2, 0) is 26.0 Å². The van der Waals surface area contributed by atoms with E-state index < -0.39 is 10.0 Å². The van der Waals surface area contributed by atoms with Crippen LogP contribution >= 0.6 is 0 Å². The average Bonchev–Trinajstić information content (AvgIpc) is 2.89. The van der Waals surface area contributed by atoms with Gasteiger partial charge in [0.2, 0.25) is 21.8 Å². The number of hydrogen-bond acceptors (Lipinski definition) is 5. The predicted octanol–water partition coefficient (Wildman–Crippen LogP) is 2.32. The third-order valence-corrected chi connectivity index (χ3v) is 8.81. The number of rotatable bonds is 6. The third-order valence-electron chi connectivity index (χ3n) is 6.90. The highest BCUT2D eigenvalue weighted by Crippen LogP contribution is 2.26. The van der Waals surface area contributed by atoms with Crippen molar-refractivity contribution >= 4 is 21.8 Å². The van der Waals surface area contributed by atoms with E-state index in [0.717, 1.165) is 16.9 Å². The Balaban J connectivity index is 1.26. The number of methoxy groups -OCH3 is 1. The lowest BCUT2D eigenvalue weighted by Crippen LogP contribution is -2.53. The Morgan fingerprint density at radius 3 is 2.17 bits per heavy atom. The molecule has 2 fully saturated rings. The monoisotopic (exact) mass is 499 g/mol. The maximum Gasteiger partial charge on any atom is 0.243 e. The molecule has 188 valence electrons. The van der Waals surface area contributed by atoms with Gasteiger partial charge in [0.1, 0.15) is 5.75 Å². The Morgan fingerprint density at radius 1 is 0.914 bits per heavy atom. The van der Waals surface area contributed by atoms with Gasteiger partial charge in [-0.05, 0) is 49.6 Å². The van der Waals surface area contributed by atoms with E-state index >= 15 is 0 Å². The predicted molar refractivity (Wildman–Crippen MR) is 133 cm³/mol. The molecule has 2 aliphatic rings. The van der Waals surface area contributed by atoms with Crippen molar-refractivity contribution in [3.05, 3.63) is 59.7 Å². The number of sulfonamides is 1. The number of benzene rings is 2. The van der Waals surface area contributed by atoms with Gasteiger partial charge in [-0.2, -0.15) is 4.31 Å². The number of aryl methyl sites for hydroxylation is 1. The lowest BCUT2D eigenvalue weighted by Gasteiger charge is -2.38. The van der Waals surface area contributed by atoms with Crippen LogP contribution in [0.2, 0.25) is 0 Å². The van der Waals surface area contributed by atoms with Crippen molar-refractivity contribution < 1.29 is 22.7 Å². The average molecular weight is 500 g/mol. The molecule has 0 unspecified atom stereocenters. The van der Waals surface area contributed by atoms with Gasteiger partial charge in [-0.25, -0.2) is 8.42 Å². The van der Waals surface area contributed by atoms with Crippen LogP contribution in [0.3, 0.4) is 0 Å². The van der Waals surface area contributed by atoms with E-state index in [-0.39, 0.29) is 17.7 Å². The van der Waals surface area contributed by atoms with Gasteiger partial charge < -0.3 is 14.5 Å². The maximum absolute atomic E-state index is 13.1. The number of carbonyl (C=O) groups is 2. The summed E-state index contributed by atoms with van der Waals surface area (Å²) < 4.78 is 32.6. The van der Waals surface area contributed by atoms with E-state index in [1.807, 2.05) is 36.1 Å². The third kappa shape index (κ3) is 5.85. The van der Waals surface area contributed by atoms with Crippen molar-refractivity contribution in [3.8, 4) is 5.75 Å². The molecular weight excluding hydrogens is 466 g/mol. The molecule has 2 heterocycles. The minimum Gasteiger partial charge on any atom is -0.497 e. The van der Waals surface area contributed by atoms with E-state index in [1.54, 1.807) is 36.3 Å². The second-order valence-corrected chi connectivity index (χ2v) is 11.2. The highest BCUT2D eigenvalue weighted by atomic mass is 32.2. The normalized spacial score (nSPS) is 17.9. The van der Waals surface area contributed by atoms with E-state index in [1.165, 1.54) is 4.31 Å². The Labute approximate surface area is 207 Å². The van der Waals surface area contributed by atoms with Crippen molar-refractivity contribution in [1.82, 2.24) is 14.1 Å². The molecule has 2 aliphatic heterocycles. The fourth-order valence-corrected chi connectivity index (χ4v) is 6.18. The number of ether oxygens (including phenoxy) is 1. The molecular formula is C26H33N3O5S. The molecule has 2 aromatic rings. The molecule has 9 heteroatoms. The summed E-state index contributed by atoms with van der Waals surface area (Å²) in [7, 11) is -1.94. The van der Waals surface area contributed by atoms with Crippen LogP contribution in [0.15, 0.2) is 53.4 Å². The number of carbonyl (C=O) groups excluding carboxylic acids is 2. The molecule has 0 radical (unpaired) electrons. The summed E-state index contributed by atoms with van der Waals surface area (Å²) in [4.78, 5) is 29.7. The van der Waals surface area contributed by atoms with E-state index in [4.69, 9.17) is 4.74 Å². The van der Waals surface area contributed by atoms with Crippen LogP contribution in [0.5, 0.6) is 5.75 Å². The molecule has 0 aliphatic carbocycles. The van der Waals surface area contributed by atoms with E-state index in [0.29, 0.717) is 63.4 Å². The number of hydrogen-bond donors (Lipinski definition) is 0. The Bertz CT molecular complexity index is 1150. The summed E-state index contributed by atoms with van der Waals surface area (Å²) in [5, 5.41) is 0. The van der Waals surface area contributed by atoms with Crippen LogP contribution in [0.4, 0.5) is 0 Å². The van der Waals surface area contributed by atoms with Crippen LogP contribution < -0.4 is 4.74 Å². The molecule has 0 saturated carbocycles. The largest absolute Gasteiger partial charge is 0.497 e. The standard InChI is InChI=1S/C26H33N3O5S/c1-20-6-8-24(9-7-20)35(32,33)29-12-10-22(11-13-29)26(31)28-16-14-27(15-17-28)25(30)19-21-4-3-5-23(18-21)34-2/h3-9,18,22H,10-17,19H2,1-2H3. The molecule has 0 atom stereocenters. The SMILES string of the molecule is COc1cccc(CC(=O)N2CCN(C(=O)C3CCN(S(=O)(=O)c4ccc(C)cc4)CC3)CC2)c1. The first kappa shape index (κ1) is 25.2. The summed E-state index contributed by atoms with van der Waals surface area (Å²) in [6.45, 7) is 4.63. The zero-order valence-corrected chi connectivity index (χ0v) is 21.2. The van der Waals surface area contributed by atoms with Gasteiger partial charge in [-0.3, -0.25) is 9.59 Å². The van der Waals surface area contributed by atoms with Crippen LogP contribution in [0.1, 0.15) is 24.0 Å². The van der Waals surface area contributed by atoms with Crippen molar-refractivity contribution in [2.75, 3.05) is 46.4 Å². The Hall–Kier alpha value is -2.91. The number of amides is 2. The van der Waals surface area contributed by atoms with Crippen LogP contribution in [-0.4, -0.2) is 80.7 Å². The van der Waals surface area contributed by atoms with Gasteiger partial charge in [0, 0.05) is 45.2 Å². The summed E-state index contributed by atoms with van der Waals surface area (Å²) in [6.07, 6.45) is 1.33. The summed E-state index contributed by atoms with van der Waals surface area (Å²) in [6, 6.07) is 14.4. The van der Waals surface area contributed by atoms with E-state index in [9.17, 15) is 18.0 Å². The Morgan fingerprint density at radius 2 is 1.54 bits per heavy atom. The van der Waals surface area contributed by atoms with Gasteiger partial charge in [0.15, 0.2) is 0 Å². The summed E-state index contributed by atoms with van der Waals surface area (Å²) in [5.74, 6) is 0.652. The minimum atomic E-state index is -3.54. The van der Waals surface area contributed by atoms with Crippen molar-refractivity contribution in [1.29, 1.82) is 0 Å². The van der Waals surface area contributed by atoms with Crippen molar-refractivity contribution in [3.63, 3.8) is 0 Å². The molecule has 4 rings (SSSR count). The lowest BCUT2D eigenvalue weighted by molar-refractivity contribution is -0.142. The highest BCUT2D eigenvalue weighted by Gasteiger charge is 2.35. The first-order chi connectivity index (χ1) is 16.8. The fraction of sp³-hybridized carbons (Fsp3) is 0.462. The maximum atomic E-state index is 13.1. The fourth-order valence-electron chi connectivity index (χ4n) is 4.71. The van der Waals surface area contributed by atoms with Gasteiger partial charge in [0.25, 0.3) is 0 Å². The van der Waals surface area contributed by atoms with Gasteiger partial charge in [-0.15, -0.1) is 0 Å². The van der Waals surface area contributed by atoms with Crippen molar-refractivity contribution in [2.45, 2.75) is 31.1 Å². The zero-order valence-electron chi connectivity index (χ0n) is 20.4. The second-order valence-electron chi connectivity index (χ2n) is 9.23. The molecule has 8 nitrogen and oxygen atoms in total. The van der Waals surface area contributed by atoms with Gasteiger partial charge in [0.05, 0.1) is 18.4 Å². The molecule has 0 bridgehead atoms. The quantitative estimate of drug-likeness (QED) is 0.609. The van der Waals surface area contributed by atoms with Gasteiger partial charge >= 0.3 is 0 Å². The molecule has 2 aromatic carbocycles. The number of piperidine rings is 1. The summed E-state index contributed by atoms with van der Waals surface area (Å²) >= 11 is 0.